The summed E-state index contributed by atoms with van der Waals surface area (Å²) >= 11 is 0. The Bertz CT molecular complexity index is 692. The van der Waals surface area contributed by atoms with E-state index in [-0.39, 0.29) is 10.9 Å². The van der Waals surface area contributed by atoms with E-state index in [1.807, 2.05) is 0 Å². The molecule has 0 amide bonds. The van der Waals surface area contributed by atoms with Gasteiger partial charge in [0.15, 0.2) is 5.82 Å². The van der Waals surface area contributed by atoms with E-state index in [4.69, 9.17) is 4.52 Å². The first-order chi connectivity index (χ1) is 9.87. The van der Waals surface area contributed by atoms with E-state index in [2.05, 4.69) is 20.2 Å². The number of aryl methyl sites for hydroxylation is 1. The molecule has 1 aromatic carbocycles. The van der Waals surface area contributed by atoms with Crippen molar-refractivity contribution in [2.45, 2.75) is 38.3 Å². The van der Waals surface area contributed by atoms with Gasteiger partial charge in [0.2, 0.25) is 15.9 Å². The van der Waals surface area contributed by atoms with Gasteiger partial charge in [0.1, 0.15) is 0 Å². The highest BCUT2D eigenvalue weighted by molar-refractivity contribution is 7.89. The molecule has 0 fully saturated rings. The Morgan fingerprint density at radius 1 is 1.24 bits per heavy atom. The second-order valence-corrected chi connectivity index (χ2v) is 6.60. The van der Waals surface area contributed by atoms with Crippen LogP contribution in [0.5, 0.6) is 0 Å². The molecule has 0 saturated heterocycles. The van der Waals surface area contributed by atoms with Crippen molar-refractivity contribution in [3.8, 4) is 0 Å². The summed E-state index contributed by atoms with van der Waals surface area (Å²) in [5, 5.41) is 6.86. The van der Waals surface area contributed by atoms with E-state index >= 15 is 0 Å². The van der Waals surface area contributed by atoms with Crippen molar-refractivity contribution >= 4 is 15.7 Å². The minimum Gasteiger partial charge on any atom is -0.378 e. The van der Waals surface area contributed by atoms with Crippen LogP contribution in [0.4, 0.5) is 5.69 Å². The van der Waals surface area contributed by atoms with Crippen molar-refractivity contribution < 1.29 is 12.9 Å². The molecule has 2 aromatic rings. The number of aromatic nitrogens is 2. The standard InChI is InChI=1S/C13H18N4O3S/c1-9(2)17-21(18,19)12-6-4-11(5-7-12)14-8-13-15-10(3)20-16-13/h4-7,9,14,17H,8H2,1-3H3. The molecule has 0 unspecified atom stereocenters. The third kappa shape index (κ3) is 4.27. The molecular weight excluding hydrogens is 292 g/mol. The molecule has 21 heavy (non-hydrogen) atoms. The zero-order chi connectivity index (χ0) is 15.5. The van der Waals surface area contributed by atoms with E-state index < -0.39 is 10.0 Å². The highest BCUT2D eigenvalue weighted by Crippen LogP contribution is 2.15. The molecule has 2 N–H and O–H groups in total. The Morgan fingerprint density at radius 3 is 2.43 bits per heavy atom. The van der Waals surface area contributed by atoms with Gasteiger partial charge in [-0.25, -0.2) is 13.1 Å². The van der Waals surface area contributed by atoms with E-state index in [1.165, 1.54) is 0 Å². The van der Waals surface area contributed by atoms with Crippen molar-refractivity contribution in [3.63, 3.8) is 0 Å². The lowest BCUT2D eigenvalue weighted by Gasteiger charge is -2.10. The molecule has 0 atom stereocenters. The largest absolute Gasteiger partial charge is 0.378 e. The highest BCUT2D eigenvalue weighted by atomic mass is 32.2. The van der Waals surface area contributed by atoms with Crippen LogP contribution in [0.15, 0.2) is 33.7 Å². The first kappa shape index (κ1) is 15.5. The quantitative estimate of drug-likeness (QED) is 0.842. The Balaban J connectivity index is 2.02. The van der Waals surface area contributed by atoms with Gasteiger partial charge in [-0.05, 0) is 38.1 Å². The minimum absolute atomic E-state index is 0.144. The smallest absolute Gasteiger partial charge is 0.240 e. The normalized spacial score (nSPS) is 11.8. The summed E-state index contributed by atoms with van der Waals surface area (Å²) in [7, 11) is -3.46. The van der Waals surface area contributed by atoms with Crippen LogP contribution in [0, 0.1) is 6.92 Å². The zero-order valence-corrected chi connectivity index (χ0v) is 12.9. The van der Waals surface area contributed by atoms with Gasteiger partial charge in [-0.3, -0.25) is 0 Å². The first-order valence-electron chi connectivity index (χ1n) is 6.52. The van der Waals surface area contributed by atoms with Crippen LogP contribution in [0.25, 0.3) is 0 Å². The SMILES string of the molecule is Cc1nc(CNc2ccc(S(=O)(=O)NC(C)C)cc2)no1. The van der Waals surface area contributed by atoms with Crippen molar-refractivity contribution in [1.29, 1.82) is 0 Å². The molecule has 0 spiro atoms. The Morgan fingerprint density at radius 2 is 1.90 bits per heavy atom. The number of hydrogen-bond acceptors (Lipinski definition) is 6. The molecule has 0 aliphatic rings. The second-order valence-electron chi connectivity index (χ2n) is 4.88. The molecule has 0 aliphatic carbocycles. The minimum atomic E-state index is -3.46. The maximum absolute atomic E-state index is 12.0. The van der Waals surface area contributed by atoms with Crippen LogP contribution in [0.1, 0.15) is 25.6 Å². The van der Waals surface area contributed by atoms with Crippen LogP contribution < -0.4 is 10.0 Å². The van der Waals surface area contributed by atoms with Gasteiger partial charge in [-0.1, -0.05) is 5.16 Å². The second kappa shape index (κ2) is 6.23. The summed E-state index contributed by atoms with van der Waals surface area (Å²) in [4.78, 5) is 4.30. The molecule has 1 aromatic heterocycles. The maximum Gasteiger partial charge on any atom is 0.240 e. The molecule has 8 heteroatoms. The van der Waals surface area contributed by atoms with Crippen molar-refractivity contribution in [3.05, 3.63) is 36.0 Å². The zero-order valence-electron chi connectivity index (χ0n) is 12.1. The van der Waals surface area contributed by atoms with Crippen LogP contribution in [-0.2, 0) is 16.6 Å². The highest BCUT2D eigenvalue weighted by Gasteiger charge is 2.14. The molecule has 0 radical (unpaired) electrons. The summed E-state index contributed by atoms with van der Waals surface area (Å²) < 4.78 is 31.3. The molecule has 7 nitrogen and oxygen atoms in total. The number of benzene rings is 1. The number of sulfonamides is 1. The van der Waals surface area contributed by atoms with Gasteiger partial charge < -0.3 is 9.84 Å². The van der Waals surface area contributed by atoms with Crippen molar-refractivity contribution in [2.24, 2.45) is 0 Å². The van der Waals surface area contributed by atoms with E-state index in [0.29, 0.717) is 18.3 Å². The Kier molecular flexibility index (Phi) is 4.59. The van der Waals surface area contributed by atoms with Gasteiger partial charge in [0.05, 0.1) is 11.4 Å². The number of anilines is 1. The van der Waals surface area contributed by atoms with Crippen molar-refractivity contribution in [1.82, 2.24) is 14.9 Å². The molecule has 1 heterocycles. The molecular formula is C13H18N4O3S. The van der Waals surface area contributed by atoms with Crippen LogP contribution >= 0.6 is 0 Å². The van der Waals surface area contributed by atoms with Crippen LogP contribution in [0.3, 0.4) is 0 Å². The topological polar surface area (TPSA) is 97.1 Å². The monoisotopic (exact) mass is 310 g/mol. The van der Waals surface area contributed by atoms with E-state index in [1.54, 1.807) is 45.0 Å². The number of nitrogens with one attached hydrogen (secondary N) is 2. The lowest BCUT2D eigenvalue weighted by atomic mass is 10.3. The lowest BCUT2D eigenvalue weighted by molar-refractivity contribution is 0.388. The van der Waals surface area contributed by atoms with Gasteiger partial charge in [0, 0.05) is 18.7 Å². The molecule has 0 bridgehead atoms. The number of nitrogens with zero attached hydrogens (tertiary/aromatic N) is 2. The molecule has 114 valence electrons. The van der Waals surface area contributed by atoms with Gasteiger partial charge in [-0.15, -0.1) is 0 Å². The third-order valence-corrected chi connectivity index (χ3v) is 4.25. The molecule has 0 saturated carbocycles. The van der Waals surface area contributed by atoms with Gasteiger partial charge >= 0.3 is 0 Å². The fourth-order valence-electron chi connectivity index (χ4n) is 1.72. The lowest BCUT2D eigenvalue weighted by Crippen LogP contribution is -2.30. The fourth-order valence-corrected chi connectivity index (χ4v) is 2.98. The summed E-state index contributed by atoms with van der Waals surface area (Å²) in [6.07, 6.45) is 0. The Hall–Kier alpha value is -1.93. The van der Waals surface area contributed by atoms with E-state index in [9.17, 15) is 8.42 Å². The summed E-state index contributed by atoms with van der Waals surface area (Å²) in [5.74, 6) is 1.05. The van der Waals surface area contributed by atoms with E-state index in [0.717, 1.165) is 5.69 Å². The molecule has 2 rings (SSSR count). The fraction of sp³-hybridized carbons (Fsp3) is 0.385. The number of rotatable bonds is 6. The summed E-state index contributed by atoms with van der Waals surface area (Å²) in [5.41, 5.74) is 0.779. The van der Waals surface area contributed by atoms with Crippen LogP contribution in [0.2, 0.25) is 0 Å². The summed E-state index contributed by atoms with van der Waals surface area (Å²) in [6, 6.07) is 6.35. The third-order valence-electron chi connectivity index (χ3n) is 2.58. The Labute approximate surface area is 123 Å². The average Bonchev–Trinajstić information content (AvgIpc) is 2.81. The number of hydrogen-bond donors (Lipinski definition) is 2. The first-order valence-corrected chi connectivity index (χ1v) is 8.00. The van der Waals surface area contributed by atoms with Crippen LogP contribution in [-0.4, -0.2) is 24.6 Å². The maximum atomic E-state index is 12.0. The predicted molar refractivity (Wildman–Crippen MR) is 78.3 cm³/mol. The van der Waals surface area contributed by atoms with Gasteiger partial charge in [-0.2, -0.15) is 4.98 Å². The average molecular weight is 310 g/mol. The summed E-state index contributed by atoms with van der Waals surface area (Å²) in [6.45, 7) is 5.69. The molecule has 0 aliphatic heterocycles. The van der Waals surface area contributed by atoms with Crippen molar-refractivity contribution in [2.75, 3.05) is 5.32 Å². The van der Waals surface area contributed by atoms with Gasteiger partial charge in [0.25, 0.3) is 0 Å². The predicted octanol–water partition coefficient (Wildman–Crippen LogP) is 1.68.